The Morgan fingerprint density at radius 1 is 1.15 bits per heavy atom. The fraction of sp³-hybridized carbons (Fsp3) is 0.188. The standard InChI is InChI=1S/C16H14ClNO2/c17-15-3-1-2-11(6-15)10-20-16(19)12-4-5-13-8-18-9-14(13)7-12/h1-7,18H,8-10H2. The van der Waals surface area contributed by atoms with Gasteiger partial charge in [0.25, 0.3) is 0 Å². The van der Waals surface area contributed by atoms with E-state index in [0.717, 1.165) is 18.7 Å². The molecule has 0 amide bonds. The minimum atomic E-state index is -0.306. The third-order valence-corrected chi connectivity index (χ3v) is 3.57. The first-order chi connectivity index (χ1) is 9.72. The topological polar surface area (TPSA) is 38.3 Å². The molecule has 3 nitrogen and oxygen atoms in total. The van der Waals surface area contributed by atoms with Gasteiger partial charge in [-0.3, -0.25) is 0 Å². The number of nitrogens with one attached hydrogen (secondary N) is 1. The number of fused-ring (bicyclic) bond motifs is 1. The average Bonchev–Trinajstić information content (AvgIpc) is 2.92. The van der Waals surface area contributed by atoms with Crippen molar-refractivity contribution in [1.82, 2.24) is 5.32 Å². The van der Waals surface area contributed by atoms with Crippen molar-refractivity contribution in [3.05, 3.63) is 69.7 Å². The van der Waals surface area contributed by atoms with Crippen LogP contribution in [0.5, 0.6) is 0 Å². The summed E-state index contributed by atoms with van der Waals surface area (Å²) in [5, 5.41) is 3.89. The van der Waals surface area contributed by atoms with Gasteiger partial charge in [-0.15, -0.1) is 0 Å². The lowest BCUT2D eigenvalue weighted by atomic mass is 10.1. The van der Waals surface area contributed by atoms with Crippen molar-refractivity contribution in [2.45, 2.75) is 19.7 Å². The van der Waals surface area contributed by atoms with Crippen molar-refractivity contribution >= 4 is 17.6 Å². The van der Waals surface area contributed by atoms with Crippen LogP contribution in [0, 0.1) is 0 Å². The number of carbonyl (C=O) groups is 1. The SMILES string of the molecule is O=C(OCc1cccc(Cl)c1)c1ccc2c(c1)CNC2. The smallest absolute Gasteiger partial charge is 0.338 e. The number of hydrogen-bond donors (Lipinski definition) is 1. The highest BCUT2D eigenvalue weighted by Crippen LogP contribution is 2.18. The summed E-state index contributed by atoms with van der Waals surface area (Å²) in [7, 11) is 0. The molecular weight excluding hydrogens is 274 g/mol. The number of benzene rings is 2. The molecule has 2 aromatic rings. The molecule has 0 atom stereocenters. The highest BCUT2D eigenvalue weighted by molar-refractivity contribution is 6.30. The summed E-state index contributed by atoms with van der Waals surface area (Å²) in [6, 6.07) is 13.0. The van der Waals surface area contributed by atoms with E-state index >= 15 is 0 Å². The van der Waals surface area contributed by atoms with Crippen molar-refractivity contribution in [2.75, 3.05) is 0 Å². The highest BCUT2D eigenvalue weighted by atomic mass is 35.5. The van der Waals surface area contributed by atoms with Gasteiger partial charge in [0.2, 0.25) is 0 Å². The Morgan fingerprint density at radius 3 is 2.85 bits per heavy atom. The quantitative estimate of drug-likeness (QED) is 0.880. The van der Waals surface area contributed by atoms with Gasteiger partial charge in [0.1, 0.15) is 6.61 Å². The number of ether oxygens (including phenoxy) is 1. The molecule has 4 heteroatoms. The Balaban J connectivity index is 1.67. The first-order valence-corrected chi connectivity index (χ1v) is 6.84. The lowest BCUT2D eigenvalue weighted by Crippen LogP contribution is -2.06. The van der Waals surface area contributed by atoms with Gasteiger partial charge in [0.15, 0.2) is 0 Å². The number of hydrogen-bond acceptors (Lipinski definition) is 3. The number of esters is 1. The maximum atomic E-state index is 12.0. The molecule has 20 heavy (non-hydrogen) atoms. The first kappa shape index (κ1) is 13.2. The second-order valence-electron chi connectivity index (χ2n) is 4.79. The minimum absolute atomic E-state index is 0.231. The maximum Gasteiger partial charge on any atom is 0.338 e. The second-order valence-corrected chi connectivity index (χ2v) is 5.23. The maximum absolute atomic E-state index is 12.0. The van der Waals surface area contributed by atoms with Gasteiger partial charge >= 0.3 is 5.97 Å². The van der Waals surface area contributed by atoms with Crippen LogP contribution < -0.4 is 5.32 Å². The summed E-state index contributed by atoms with van der Waals surface area (Å²) in [4.78, 5) is 12.0. The zero-order valence-electron chi connectivity index (χ0n) is 10.9. The predicted molar refractivity (Wildman–Crippen MR) is 77.6 cm³/mol. The van der Waals surface area contributed by atoms with Crippen LogP contribution >= 0.6 is 11.6 Å². The lowest BCUT2D eigenvalue weighted by molar-refractivity contribution is 0.0472. The Labute approximate surface area is 122 Å². The number of rotatable bonds is 3. The van der Waals surface area contributed by atoms with Crippen molar-refractivity contribution < 1.29 is 9.53 Å². The summed E-state index contributed by atoms with van der Waals surface area (Å²) >= 11 is 5.89. The van der Waals surface area contributed by atoms with Crippen molar-refractivity contribution in [2.24, 2.45) is 0 Å². The van der Waals surface area contributed by atoms with Crippen LogP contribution in [0.1, 0.15) is 27.0 Å². The second kappa shape index (κ2) is 5.65. The van der Waals surface area contributed by atoms with Gasteiger partial charge in [-0.1, -0.05) is 29.8 Å². The van der Waals surface area contributed by atoms with Crippen LogP contribution in [-0.4, -0.2) is 5.97 Å². The van der Waals surface area contributed by atoms with Crippen LogP contribution in [0.15, 0.2) is 42.5 Å². The fourth-order valence-electron chi connectivity index (χ4n) is 2.28. The van der Waals surface area contributed by atoms with E-state index < -0.39 is 0 Å². The molecule has 0 aromatic heterocycles. The van der Waals surface area contributed by atoms with Crippen molar-refractivity contribution in [3.63, 3.8) is 0 Å². The molecule has 0 unspecified atom stereocenters. The molecular formula is C16H14ClNO2. The average molecular weight is 288 g/mol. The molecule has 0 spiro atoms. The Morgan fingerprint density at radius 2 is 2.00 bits per heavy atom. The summed E-state index contributed by atoms with van der Waals surface area (Å²) in [6.07, 6.45) is 0. The largest absolute Gasteiger partial charge is 0.457 e. The molecule has 1 N–H and O–H groups in total. The molecule has 0 saturated heterocycles. The molecule has 0 saturated carbocycles. The summed E-state index contributed by atoms with van der Waals surface area (Å²) in [6.45, 7) is 1.91. The van der Waals surface area contributed by atoms with Crippen LogP contribution in [-0.2, 0) is 24.4 Å². The summed E-state index contributed by atoms with van der Waals surface area (Å²) < 4.78 is 5.31. The molecule has 102 valence electrons. The van der Waals surface area contributed by atoms with E-state index in [1.807, 2.05) is 30.3 Å². The number of halogens is 1. The van der Waals surface area contributed by atoms with Gasteiger partial charge in [-0.05, 0) is 41.0 Å². The monoisotopic (exact) mass is 287 g/mol. The molecule has 0 bridgehead atoms. The third-order valence-electron chi connectivity index (χ3n) is 3.33. The molecule has 3 rings (SSSR count). The van der Waals surface area contributed by atoms with E-state index in [1.165, 1.54) is 11.1 Å². The summed E-state index contributed by atoms with van der Waals surface area (Å²) in [5.41, 5.74) is 3.89. The van der Waals surface area contributed by atoms with Crippen molar-refractivity contribution in [3.8, 4) is 0 Å². The van der Waals surface area contributed by atoms with Crippen LogP contribution in [0.3, 0.4) is 0 Å². The predicted octanol–water partition coefficient (Wildman–Crippen LogP) is 3.30. The van der Waals surface area contributed by atoms with Crippen LogP contribution in [0.25, 0.3) is 0 Å². The van der Waals surface area contributed by atoms with Gasteiger partial charge in [-0.2, -0.15) is 0 Å². The van der Waals surface area contributed by atoms with E-state index in [-0.39, 0.29) is 12.6 Å². The third kappa shape index (κ3) is 2.84. The number of carbonyl (C=O) groups excluding carboxylic acids is 1. The lowest BCUT2D eigenvalue weighted by Gasteiger charge is -2.06. The van der Waals surface area contributed by atoms with Crippen molar-refractivity contribution in [1.29, 1.82) is 0 Å². The zero-order chi connectivity index (χ0) is 13.9. The zero-order valence-corrected chi connectivity index (χ0v) is 11.6. The Kier molecular flexibility index (Phi) is 3.72. The van der Waals surface area contributed by atoms with Crippen LogP contribution in [0.4, 0.5) is 0 Å². The molecule has 2 aromatic carbocycles. The first-order valence-electron chi connectivity index (χ1n) is 6.46. The molecule has 0 radical (unpaired) electrons. The molecule has 0 fully saturated rings. The highest BCUT2D eigenvalue weighted by Gasteiger charge is 2.14. The molecule has 1 aliphatic heterocycles. The molecule has 0 aliphatic carbocycles. The molecule has 1 aliphatic rings. The van der Waals surface area contributed by atoms with E-state index in [2.05, 4.69) is 5.32 Å². The fourth-order valence-corrected chi connectivity index (χ4v) is 2.49. The normalized spacial score (nSPS) is 13.1. The minimum Gasteiger partial charge on any atom is -0.457 e. The Hall–Kier alpha value is -1.84. The molecule has 1 heterocycles. The van der Waals surface area contributed by atoms with Gasteiger partial charge in [-0.25, -0.2) is 4.79 Å². The Bertz CT molecular complexity index is 655. The van der Waals surface area contributed by atoms with E-state index in [1.54, 1.807) is 12.1 Å². The van der Waals surface area contributed by atoms with Gasteiger partial charge < -0.3 is 10.1 Å². The van der Waals surface area contributed by atoms with E-state index in [4.69, 9.17) is 16.3 Å². The van der Waals surface area contributed by atoms with E-state index in [0.29, 0.717) is 10.6 Å². The van der Waals surface area contributed by atoms with E-state index in [9.17, 15) is 4.79 Å². The van der Waals surface area contributed by atoms with Gasteiger partial charge in [0.05, 0.1) is 5.56 Å². The van der Waals surface area contributed by atoms with Gasteiger partial charge in [0, 0.05) is 18.1 Å². The summed E-state index contributed by atoms with van der Waals surface area (Å²) in [5.74, 6) is -0.306. The van der Waals surface area contributed by atoms with Crippen LogP contribution in [0.2, 0.25) is 5.02 Å².